The van der Waals surface area contributed by atoms with Crippen LogP contribution in [0.15, 0.2) is 43.2 Å². The lowest BCUT2D eigenvalue weighted by atomic mass is 9.86. The van der Waals surface area contributed by atoms with E-state index in [1.54, 1.807) is 10.9 Å². The Morgan fingerprint density at radius 1 is 1.29 bits per heavy atom. The molecule has 1 atom stereocenters. The highest BCUT2D eigenvalue weighted by Gasteiger charge is 2.14. The average molecular weight is 283 g/mol. The van der Waals surface area contributed by atoms with Crippen LogP contribution in [0.25, 0.3) is 6.20 Å². The molecule has 0 bridgehead atoms. The van der Waals surface area contributed by atoms with Gasteiger partial charge in [0.1, 0.15) is 0 Å². The zero-order valence-corrected chi connectivity index (χ0v) is 13.4. The zero-order chi connectivity index (χ0) is 15.5. The molecule has 112 valence electrons. The number of nitrogens with one attached hydrogen (secondary N) is 1. The van der Waals surface area contributed by atoms with Crippen molar-refractivity contribution >= 4 is 6.20 Å². The second-order valence-electron chi connectivity index (χ2n) is 6.49. The lowest BCUT2D eigenvalue weighted by Gasteiger charge is -2.20. The second-order valence-corrected chi connectivity index (χ2v) is 6.49. The second kappa shape index (κ2) is 6.27. The third-order valence-corrected chi connectivity index (χ3v) is 3.73. The van der Waals surface area contributed by atoms with Gasteiger partial charge in [0, 0.05) is 30.5 Å². The van der Waals surface area contributed by atoms with Crippen LogP contribution in [0.5, 0.6) is 0 Å². The van der Waals surface area contributed by atoms with E-state index in [0.29, 0.717) is 6.04 Å². The topological polar surface area (TPSA) is 29.9 Å². The van der Waals surface area contributed by atoms with Crippen LogP contribution in [0.1, 0.15) is 50.4 Å². The van der Waals surface area contributed by atoms with Crippen molar-refractivity contribution in [3.05, 3.63) is 59.9 Å². The van der Waals surface area contributed by atoms with Gasteiger partial charge < -0.3 is 5.32 Å². The monoisotopic (exact) mass is 283 g/mol. The van der Waals surface area contributed by atoms with Crippen molar-refractivity contribution in [2.75, 3.05) is 0 Å². The summed E-state index contributed by atoms with van der Waals surface area (Å²) >= 11 is 0. The smallest absolute Gasteiger partial charge is 0.0538 e. The number of rotatable bonds is 5. The van der Waals surface area contributed by atoms with Gasteiger partial charge in [-0.25, -0.2) is 4.68 Å². The summed E-state index contributed by atoms with van der Waals surface area (Å²) in [4.78, 5) is 0. The number of hydrogen-bond donors (Lipinski definition) is 1. The van der Waals surface area contributed by atoms with Crippen LogP contribution in [-0.4, -0.2) is 9.78 Å². The molecule has 1 unspecified atom stereocenters. The minimum absolute atomic E-state index is 0.203. The van der Waals surface area contributed by atoms with E-state index >= 15 is 0 Å². The van der Waals surface area contributed by atoms with E-state index in [1.165, 1.54) is 11.1 Å². The number of nitrogens with zero attached hydrogens (tertiary/aromatic N) is 2. The Kier molecular flexibility index (Phi) is 4.63. The van der Waals surface area contributed by atoms with E-state index in [0.717, 1.165) is 12.1 Å². The highest BCUT2D eigenvalue weighted by Crippen LogP contribution is 2.24. The molecule has 2 rings (SSSR count). The molecule has 0 spiro atoms. The molecule has 1 aromatic heterocycles. The van der Waals surface area contributed by atoms with Crippen LogP contribution in [0.3, 0.4) is 0 Å². The van der Waals surface area contributed by atoms with Gasteiger partial charge in [-0.15, -0.1) is 0 Å². The van der Waals surface area contributed by atoms with E-state index in [4.69, 9.17) is 0 Å². The highest BCUT2D eigenvalue weighted by atomic mass is 15.2. The predicted molar refractivity (Wildman–Crippen MR) is 89.0 cm³/mol. The summed E-state index contributed by atoms with van der Waals surface area (Å²) in [6.07, 6.45) is 5.54. The van der Waals surface area contributed by atoms with Gasteiger partial charge in [0.05, 0.1) is 6.20 Å². The highest BCUT2D eigenvalue weighted by molar-refractivity contribution is 5.29. The molecule has 3 heteroatoms. The first kappa shape index (κ1) is 15.5. The Bertz CT molecular complexity index is 588. The standard InChI is InChI=1S/C18H25N3/c1-6-21-13-15(12-20-21)11-19-14(2)16-7-9-17(10-8-16)18(3,4)5/h6-10,12-14,19H,1,11H2,2-5H3. The number of hydrogen-bond acceptors (Lipinski definition) is 2. The summed E-state index contributed by atoms with van der Waals surface area (Å²) in [5, 5.41) is 7.71. The third kappa shape index (κ3) is 4.05. The van der Waals surface area contributed by atoms with Crippen LogP contribution in [0.4, 0.5) is 0 Å². The van der Waals surface area contributed by atoms with Crippen LogP contribution >= 0.6 is 0 Å². The molecule has 0 fully saturated rings. The minimum Gasteiger partial charge on any atom is -0.306 e. The molecule has 0 radical (unpaired) electrons. The van der Waals surface area contributed by atoms with Gasteiger partial charge in [0.2, 0.25) is 0 Å². The Labute approximate surface area is 127 Å². The molecule has 21 heavy (non-hydrogen) atoms. The molecule has 0 aliphatic carbocycles. The van der Waals surface area contributed by atoms with Crippen LogP contribution in [0, 0.1) is 0 Å². The van der Waals surface area contributed by atoms with Crippen molar-refractivity contribution in [2.45, 2.75) is 45.7 Å². The van der Waals surface area contributed by atoms with Crippen molar-refractivity contribution < 1.29 is 0 Å². The SMILES string of the molecule is C=Cn1cc(CNC(C)c2ccc(C(C)(C)C)cc2)cn1. The Hall–Kier alpha value is -1.87. The van der Waals surface area contributed by atoms with Gasteiger partial charge in [-0.1, -0.05) is 51.6 Å². The number of benzene rings is 1. The largest absolute Gasteiger partial charge is 0.306 e. The van der Waals surface area contributed by atoms with Crippen molar-refractivity contribution in [1.82, 2.24) is 15.1 Å². The summed E-state index contributed by atoms with van der Waals surface area (Å²) in [7, 11) is 0. The molecular formula is C18H25N3. The van der Waals surface area contributed by atoms with E-state index in [9.17, 15) is 0 Å². The van der Waals surface area contributed by atoms with Gasteiger partial charge in [-0.05, 0) is 23.5 Å². The summed E-state index contributed by atoms with van der Waals surface area (Å²) in [6, 6.07) is 9.19. The van der Waals surface area contributed by atoms with E-state index in [2.05, 4.69) is 69.0 Å². The molecular weight excluding hydrogens is 258 g/mol. The van der Waals surface area contributed by atoms with Crippen LogP contribution < -0.4 is 5.32 Å². The summed E-state index contributed by atoms with van der Waals surface area (Å²) in [6.45, 7) is 13.4. The van der Waals surface area contributed by atoms with E-state index < -0.39 is 0 Å². The summed E-state index contributed by atoms with van der Waals surface area (Å²) in [5.41, 5.74) is 4.03. The first-order valence-corrected chi connectivity index (χ1v) is 7.39. The maximum Gasteiger partial charge on any atom is 0.0538 e. The molecule has 3 nitrogen and oxygen atoms in total. The van der Waals surface area contributed by atoms with Crippen molar-refractivity contribution in [2.24, 2.45) is 0 Å². The van der Waals surface area contributed by atoms with Crippen LogP contribution in [-0.2, 0) is 12.0 Å². The third-order valence-electron chi connectivity index (χ3n) is 3.73. The van der Waals surface area contributed by atoms with Gasteiger partial charge in [0.15, 0.2) is 0 Å². The van der Waals surface area contributed by atoms with Gasteiger partial charge in [0.25, 0.3) is 0 Å². The summed E-state index contributed by atoms with van der Waals surface area (Å²) in [5.74, 6) is 0. The van der Waals surface area contributed by atoms with Crippen molar-refractivity contribution in [3.8, 4) is 0 Å². The first-order valence-electron chi connectivity index (χ1n) is 7.39. The fraction of sp³-hybridized carbons (Fsp3) is 0.389. The molecule has 0 aliphatic rings. The molecule has 1 aromatic carbocycles. The Balaban J connectivity index is 1.96. The van der Waals surface area contributed by atoms with E-state index in [1.807, 2.05) is 12.4 Å². The zero-order valence-electron chi connectivity index (χ0n) is 13.4. The molecule has 2 aromatic rings. The summed E-state index contributed by atoms with van der Waals surface area (Å²) < 4.78 is 1.72. The van der Waals surface area contributed by atoms with Crippen molar-refractivity contribution in [3.63, 3.8) is 0 Å². The Morgan fingerprint density at radius 3 is 2.48 bits per heavy atom. The van der Waals surface area contributed by atoms with Crippen LogP contribution in [0.2, 0.25) is 0 Å². The van der Waals surface area contributed by atoms with Crippen molar-refractivity contribution in [1.29, 1.82) is 0 Å². The lowest BCUT2D eigenvalue weighted by Crippen LogP contribution is -2.18. The molecule has 0 saturated carbocycles. The quantitative estimate of drug-likeness (QED) is 0.894. The first-order chi connectivity index (χ1) is 9.90. The fourth-order valence-corrected chi connectivity index (χ4v) is 2.23. The van der Waals surface area contributed by atoms with Gasteiger partial charge in [-0.3, -0.25) is 0 Å². The average Bonchev–Trinajstić information content (AvgIpc) is 2.92. The van der Waals surface area contributed by atoms with Gasteiger partial charge >= 0.3 is 0 Å². The fourth-order valence-electron chi connectivity index (χ4n) is 2.23. The van der Waals surface area contributed by atoms with E-state index in [-0.39, 0.29) is 5.41 Å². The predicted octanol–water partition coefficient (Wildman–Crippen LogP) is 4.13. The lowest BCUT2D eigenvalue weighted by molar-refractivity contribution is 0.569. The normalized spacial score (nSPS) is 13.1. The van der Waals surface area contributed by atoms with Gasteiger partial charge in [-0.2, -0.15) is 5.10 Å². The molecule has 0 saturated heterocycles. The number of aromatic nitrogens is 2. The maximum atomic E-state index is 4.18. The molecule has 0 aliphatic heterocycles. The maximum absolute atomic E-state index is 4.18. The Morgan fingerprint density at radius 2 is 1.95 bits per heavy atom. The molecule has 1 heterocycles. The molecule has 0 amide bonds. The molecule has 1 N–H and O–H groups in total. The minimum atomic E-state index is 0.203.